The molecule has 0 aromatic heterocycles. The molecule has 5 aliphatic carbocycles. The highest BCUT2D eigenvalue weighted by Crippen LogP contribution is 2.89. The molecule has 6 atom stereocenters. The van der Waals surface area contributed by atoms with Crippen LogP contribution in [0.2, 0.25) is 0 Å². The van der Waals surface area contributed by atoms with Gasteiger partial charge in [0.2, 0.25) is 0 Å². The summed E-state index contributed by atoms with van der Waals surface area (Å²) in [6, 6.07) is 57.3. The third-order valence-electron chi connectivity index (χ3n) is 17.3. The number of anilines is 3. The van der Waals surface area contributed by atoms with E-state index in [1.807, 2.05) is 0 Å². The summed E-state index contributed by atoms with van der Waals surface area (Å²) >= 11 is 0. The Hall–Kier alpha value is -5.60. The minimum absolute atomic E-state index is 0.0790. The molecule has 296 valence electrons. The summed E-state index contributed by atoms with van der Waals surface area (Å²) in [5.41, 5.74) is 15.2. The lowest BCUT2D eigenvalue weighted by molar-refractivity contribution is -0.235. The number of rotatable bonds is 5. The van der Waals surface area contributed by atoms with E-state index in [9.17, 15) is 0 Å². The molecule has 2 bridgehead atoms. The van der Waals surface area contributed by atoms with E-state index in [1.165, 1.54) is 99.5 Å². The number of nitrogens with zero attached hydrogens (tertiary/aromatic N) is 1. The summed E-state index contributed by atoms with van der Waals surface area (Å²) in [4.78, 5) is 2.47. The van der Waals surface area contributed by atoms with Crippen LogP contribution in [0, 0.1) is 29.1 Å². The molecular weight excluding hydrogens is 727 g/mol. The van der Waals surface area contributed by atoms with Crippen LogP contribution in [0.5, 0.6) is 11.5 Å². The Bertz CT molecular complexity index is 2900. The van der Waals surface area contributed by atoms with Crippen molar-refractivity contribution in [1.82, 2.24) is 0 Å². The molecule has 13 rings (SSSR count). The molecule has 7 aromatic carbocycles. The summed E-state index contributed by atoms with van der Waals surface area (Å²) < 4.78 is 7.06. The van der Waals surface area contributed by atoms with Crippen LogP contribution in [0.3, 0.4) is 0 Å². The van der Waals surface area contributed by atoms with E-state index >= 15 is 0 Å². The number of fused-ring (bicyclic) bond motifs is 9. The van der Waals surface area contributed by atoms with Crippen LogP contribution in [0.25, 0.3) is 33.0 Å². The molecule has 4 fully saturated rings. The van der Waals surface area contributed by atoms with Crippen molar-refractivity contribution < 1.29 is 4.74 Å². The summed E-state index contributed by atoms with van der Waals surface area (Å²) in [6.07, 6.45) is 8.11. The normalized spacial score (nSPS) is 27.8. The SMILES string of the molecule is CC1(C)CCC(C)(C)c2cc(N(c3ccc(-c4cccc5c4Oc4ccccc4C54C5CC6CC7CC4C75C6)cc3)c3ccc(-c4cccc5ccccc45)cc3)ccc21. The zero-order valence-corrected chi connectivity index (χ0v) is 35.3. The van der Waals surface area contributed by atoms with E-state index in [4.69, 9.17) is 4.74 Å². The Morgan fingerprint density at radius 1 is 0.517 bits per heavy atom. The monoisotopic (exact) mass is 779 g/mol. The first-order valence-electron chi connectivity index (χ1n) is 22.7. The molecule has 0 saturated heterocycles. The Kier molecular flexibility index (Phi) is 7.05. The van der Waals surface area contributed by atoms with Crippen molar-refractivity contribution in [3.05, 3.63) is 174 Å². The second-order valence-corrected chi connectivity index (χ2v) is 20.8. The van der Waals surface area contributed by atoms with E-state index in [0.29, 0.717) is 5.41 Å². The quantitative estimate of drug-likeness (QED) is 0.173. The van der Waals surface area contributed by atoms with Gasteiger partial charge in [0.1, 0.15) is 11.5 Å². The molecule has 4 saturated carbocycles. The maximum atomic E-state index is 7.06. The summed E-state index contributed by atoms with van der Waals surface area (Å²) in [5.74, 6) is 5.51. The number of hydrogen-bond donors (Lipinski definition) is 0. The standard InChI is InChI=1S/C58H53NO/c1-55(2)29-30-56(3,4)50-34-43(27-28-47(50)55)59(41-23-19-38(20-24-41)45-14-9-12-37-11-5-6-13-44(37)45)42-25-21-39(22-26-42)46-15-10-17-49-54(46)60-51-18-8-7-16-48(51)58(49)52-32-36-31-40-33-53(58)57(40,52)35-36/h5-28,34,36,40,52-53H,29-33,35H2,1-4H3. The summed E-state index contributed by atoms with van der Waals surface area (Å²) in [6.45, 7) is 9.69. The highest BCUT2D eigenvalue weighted by molar-refractivity contribution is 5.97. The first-order chi connectivity index (χ1) is 29.2. The van der Waals surface area contributed by atoms with Gasteiger partial charge in [0.05, 0.1) is 0 Å². The first-order valence-corrected chi connectivity index (χ1v) is 22.7. The number of para-hydroxylation sites is 2. The highest BCUT2D eigenvalue weighted by Gasteiger charge is 2.84. The fraction of sp³-hybridized carbons (Fsp3) is 0.310. The van der Waals surface area contributed by atoms with Gasteiger partial charge < -0.3 is 9.64 Å². The van der Waals surface area contributed by atoms with E-state index < -0.39 is 0 Å². The molecule has 6 unspecified atom stereocenters. The number of benzene rings is 7. The minimum Gasteiger partial charge on any atom is -0.456 e. The molecule has 0 amide bonds. The zero-order chi connectivity index (χ0) is 40.2. The Balaban J connectivity index is 0.920. The predicted octanol–water partition coefficient (Wildman–Crippen LogP) is 15.5. The van der Waals surface area contributed by atoms with Crippen LogP contribution in [-0.4, -0.2) is 0 Å². The van der Waals surface area contributed by atoms with Crippen molar-refractivity contribution in [2.24, 2.45) is 29.1 Å². The topological polar surface area (TPSA) is 12.5 Å². The maximum absolute atomic E-state index is 7.06. The van der Waals surface area contributed by atoms with Crippen LogP contribution in [-0.2, 0) is 16.2 Å². The van der Waals surface area contributed by atoms with Gasteiger partial charge in [-0.15, -0.1) is 0 Å². The average molecular weight is 780 g/mol. The average Bonchev–Trinajstić information content (AvgIpc) is 3.81. The lowest BCUT2D eigenvalue weighted by Gasteiger charge is -2.77. The molecule has 1 heterocycles. The van der Waals surface area contributed by atoms with Crippen LogP contribution in [0.1, 0.15) is 88.5 Å². The van der Waals surface area contributed by atoms with Gasteiger partial charge in [0.15, 0.2) is 0 Å². The van der Waals surface area contributed by atoms with Crippen molar-refractivity contribution >= 4 is 27.8 Å². The Morgan fingerprint density at radius 3 is 1.92 bits per heavy atom. The van der Waals surface area contributed by atoms with Gasteiger partial charge in [-0.3, -0.25) is 0 Å². The number of hydrogen-bond acceptors (Lipinski definition) is 2. The maximum Gasteiger partial charge on any atom is 0.139 e. The predicted molar refractivity (Wildman–Crippen MR) is 247 cm³/mol. The second kappa shape index (κ2) is 12.0. The smallest absolute Gasteiger partial charge is 0.139 e. The fourth-order valence-corrected chi connectivity index (χ4v) is 14.5. The van der Waals surface area contributed by atoms with Gasteiger partial charge in [-0.2, -0.15) is 0 Å². The third-order valence-corrected chi connectivity index (χ3v) is 17.3. The van der Waals surface area contributed by atoms with Gasteiger partial charge >= 0.3 is 0 Å². The van der Waals surface area contributed by atoms with E-state index in [1.54, 1.807) is 0 Å². The van der Waals surface area contributed by atoms with Crippen LogP contribution < -0.4 is 9.64 Å². The minimum atomic E-state index is 0.0790. The largest absolute Gasteiger partial charge is 0.456 e. The van der Waals surface area contributed by atoms with Gasteiger partial charge in [-0.1, -0.05) is 137 Å². The molecule has 7 aromatic rings. The van der Waals surface area contributed by atoms with Gasteiger partial charge in [0, 0.05) is 39.2 Å². The van der Waals surface area contributed by atoms with Crippen LogP contribution in [0.4, 0.5) is 17.1 Å². The molecule has 2 spiro atoms. The van der Waals surface area contributed by atoms with Gasteiger partial charge in [0.25, 0.3) is 0 Å². The first kappa shape index (κ1) is 35.2. The lowest BCUT2D eigenvalue weighted by Crippen LogP contribution is -2.74. The molecule has 6 aliphatic rings. The molecular formula is C58H53NO. The lowest BCUT2D eigenvalue weighted by atomic mass is 9.26. The van der Waals surface area contributed by atoms with Gasteiger partial charge in [-0.05, 0) is 159 Å². The molecule has 0 radical (unpaired) electrons. The van der Waals surface area contributed by atoms with Gasteiger partial charge in [-0.25, -0.2) is 0 Å². The van der Waals surface area contributed by atoms with Crippen molar-refractivity contribution in [2.75, 3.05) is 4.90 Å². The van der Waals surface area contributed by atoms with Crippen molar-refractivity contribution in [2.45, 2.75) is 82.5 Å². The molecule has 2 nitrogen and oxygen atoms in total. The molecule has 2 heteroatoms. The third kappa shape index (κ3) is 4.50. The Labute approximate surface area is 355 Å². The zero-order valence-electron chi connectivity index (χ0n) is 35.3. The van der Waals surface area contributed by atoms with E-state index in [2.05, 4.69) is 184 Å². The summed E-state index contributed by atoms with van der Waals surface area (Å²) in [5, 5.41) is 2.55. The van der Waals surface area contributed by atoms with Crippen LogP contribution in [0.15, 0.2) is 152 Å². The molecule has 60 heavy (non-hydrogen) atoms. The fourth-order valence-electron chi connectivity index (χ4n) is 14.5. The molecule has 1 aliphatic heterocycles. The van der Waals surface area contributed by atoms with E-state index in [0.717, 1.165) is 46.5 Å². The van der Waals surface area contributed by atoms with Crippen molar-refractivity contribution in [1.29, 1.82) is 0 Å². The van der Waals surface area contributed by atoms with Crippen molar-refractivity contribution in [3.63, 3.8) is 0 Å². The highest BCUT2D eigenvalue weighted by atomic mass is 16.5. The summed E-state index contributed by atoms with van der Waals surface area (Å²) in [7, 11) is 0. The van der Waals surface area contributed by atoms with Crippen molar-refractivity contribution in [3.8, 4) is 33.8 Å². The molecule has 0 N–H and O–H groups in total. The second-order valence-electron chi connectivity index (χ2n) is 20.8. The van der Waals surface area contributed by atoms with Crippen LogP contribution >= 0.6 is 0 Å². The van der Waals surface area contributed by atoms with E-state index in [-0.39, 0.29) is 16.2 Å². The Morgan fingerprint density at radius 2 is 1.13 bits per heavy atom. The number of ether oxygens (including phenoxy) is 1.